The van der Waals surface area contributed by atoms with Crippen molar-refractivity contribution in [1.29, 1.82) is 0 Å². The van der Waals surface area contributed by atoms with Crippen LogP contribution in [-0.4, -0.2) is 37.9 Å². The van der Waals surface area contributed by atoms with Gasteiger partial charge >= 0.3 is 12.0 Å². The number of benzene rings is 3. The molecular weight excluding hydrogens is 492 g/mol. The maximum Gasteiger partial charge on any atom is 0.338 e. The van der Waals surface area contributed by atoms with E-state index in [1.165, 1.54) is 0 Å². The highest BCUT2D eigenvalue weighted by Crippen LogP contribution is 2.27. The summed E-state index contributed by atoms with van der Waals surface area (Å²) >= 11 is 0. The molecule has 9 nitrogen and oxygen atoms in total. The molecule has 0 radical (unpaired) electrons. The number of ether oxygens (including phenoxy) is 1. The number of carbonyl (C=O) groups excluding carboxylic acids is 2. The van der Waals surface area contributed by atoms with Crippen LogP contribution in [0.1, 0.15) is 43.7 Å². The van der Waals surface area contributed by atoms with Gasteiger partial charge in [-0.2, -0.15) is 5.10 Å². The fraction of sp³-hybridized carbons (Fsp3) is 0.200. The van der Waals surface area contributed by atoms with Gasteiger partial charge in [0.15, 0.2) is 0 Å². The number of hydrogen-bond donors (Lipinski definition) is 2. The lowest BCUT2D eigenvalue weighted by atomic mass is 9.92. The third kappa shape index (κ3) is 5.52. The van der Waals surface area contributed by atoms with E-state index in [1.807, 2.05) is 59.2 Å². The minimum atomic E-state index is -0.402. The second-order valence-corrected chi connectivity index (χ2v) is 10.1. The fourth-order valence-electron chi connectivity index (χ4n) is 4.14. The predicted octanol–water partition coefficient (Wildman–Crippen LogP) is 6.33. The van der Waals surface area contributed by atoms with Gasteiger partial charge in [0.1, 0.15) is 12.1 Å². The number of aromatic nitrogens is 4. The Balaban J connectivity index is 1.34. The van der Waals surface area contributed by atoms with E-state index in [0.717, 1.165) is 22.4 Å². The molecule has 0 bridgehead atoms. The van der Waals surface area contributed by atoms with Crippen LogP contribution in [0.2, 0.25) is 0 Å². The Bertz CT molecular complexity index is 1630. The van der Waals surface area contributed by atoms with E-state index in [1.54, 1.807) is 42.2 Å². The number of esters is 1. The van der Waals surface area contributed by atoms with Gasteiger partial charge in [0.25, 0.3) is 0 Å². The maximum atomic E-state index is 13.0. The van der Waals surface area contributed by atoms with E-state index in [-0.39, 0.29) is 11.4 Å². The van der Waals surface area contributed by atoms with Crippen LogP contribution < -0.4 is 10.6 Å². The van der Waals surface area contributed by atoms with Crippen LogP contribution in [-0.2, 0) is 10.2 Å². The number of nitrogens with one attached hydrogen (secondary N) is 2. The first-order valence-electron chi connectivity index (χ1n) is 12.7. The second kappa shape index (κ2) is 10.4. The quantitative estimate of drug-likeness (QED) is 0.254. The first kappa shape index (κ1) is 25.7. The summed E-state index contributed by atoms with van der Waals surface area (Å²) in [6.07, 6.45) is 1.78. The van der Waals surface area contributed by atoms with E-state index < -0.39 is 6.03 Å². The molecule has 0 fully saturated rings. The third-order valence-corrected chi connectivity index (χ3v) is 6.20. The molecule has 0 aliphatic heterocycles. The number of anilines is 2. The number of nitrogens with zero attached hydrogens (tertiary/aromatic N) is 4. The van der Waals surface area contributed by atoms with Crippen molar-refractivity contribution in [3.8, 4) is 11.4 Å². The average molecular weight is 523 g/mol. The van der Waals surface area contributed by atoms with Gasteiger partial charge in [0.2, 0.25) is 0 Å². The number of rotatable bonds is 6. The summed E-state index contributed by atoms with van der Waals surface area (Å²) in [5.74, 6) is 0.118. The van der Waals surface area contributed by atoms with E-state index in [9.17, 15) is 9.59 Å². The summed E-state index contributed by atoms with van der Waals surface area (Å²) in [6.45, 7) is 8.24. The molecule has 2 aromatic heterocycles. The summed E-state index contributed by atoms with van der Waals surface area (Å²) in [4.78, 5) is 29.5. The molecule has 0 saturated carbocycles. The van der Waals surface area contributed by atoms with Gasteiger partial charge in [-0.25, -0.2) is 19.3 Å². The Morgan fingerprint density at radius 3 is 2.28 bits per heavy atom. The monoisotopic (exact) mass is 522 g/mol. The number of urea groups is 1. The van der Waals surface area contributed by atoms with Gasteiger partial charge in [-0.15, -0.1) is 0 Å². The van der Waals surface area contributed by atoms with Gasteiger partial charge in [-0.05, 0) is 67.6 Å². The molecule has 198 valence electrons. The standard InChI is InChI=1S/C30H30N6O3/c1-5-39-28(37)20-10-14-23(15-11-20)36-27(18-26(34-36)30(2,3)4)33-29(38)32-21-12-16-22(17-13-21)35-19-31-24-8-6-7-9-25(24)35/h6-19H,5H2,1-4H3,(H2,32,33,38). The van der Waals surface area contributed by atoms with Crippen LogP contribution in [0.3, 0.4) is 0 Å². The summed E-state index contributed by atoms with van der Waals surface area (Å²) < 4.78 is 8.73. The van der Waals surface area contributed by atoms with Crippen molar-refractivity contribution in [3.05, 3.63) is 96.4 Å². The number of hydrogen-bond acceptors (Lipinski definition) is 5. The van der Waals surface area contributed by atoms with Gasteiger partial charge < -0.3 is 10.1 Å². The second-order valence-electron chi connectivity index (χ2n) is 10.1. The molecule has 0 saturated heterocycles. The number of fused-ring (bicyclic) bond motifs is 1. The molecule has 0 unspecified atom stereocenters. The number of carbonyl (C=O) groups is 2. The van der Waals surface area contributed by atoms with Crippen LogP contribution >= 0.6 is 0 Å². The first-order chi connectivity index (χ1) is 18.7. The van der Waals surface area contributed by atoms with Gasteiger partial charge in [-0.1, -0.05) is 32.9 Å². The predicted molar refractivity (Wildman–Crippen MR) is 152 cm³/mol. The Morgan fingerprint density at radius 2 is 1.59 bits per heavy atom. The molecule has 9 heteroatoms. The van der Waals surface area contributed by atoms with Gasteiger partial charge in [0.05, 0.1) is 34.6 Å². The van der Waals surface area contributed by atoms with E-state index in [2.05, 4.69) is 36.4 Å². The zero-order chi connectivity index (χ0) is 27.6. The molecular formula is C30H30N6O3. The van der Waals surface area contributed by atoms with Gasteiger partial charge in [-0.3, -0.25) is 9.88 Å². The topological polar surface area (TPSA) is 103 Å². The van der Waals surface area contributed by atoms with Crippen molar-refractivity contribution in [2.75, 3.05) is 17.2 Å². The van der Waals surface area contributed by atoms with Crippen LogP contribution in [0.4, 0.5) is 16.3 Å². The minimum absolute atomic E-state index is 0.240. The summed E-state index contributed by atoms with van der Waals surface area (Å²) in [7, 11) is 0. The smallest absolute Gasteiger partial charge is 0.338 e. The zero-order valence-corrected chi connectivity index (χ0v) is 22.3. The number of amides is 2. The highest BCUT2D eigenvalue weighted by molar-refractivity contribution is 5.99. The lowest BCUT2D eigenvalue weighted by Crippen LogP contribution is -2.21. The lowest BCUT2D eigenvalue weighted by molar-refractivity contribution is 0.0526. The largest absolute Gasteiger partial charge is 0.462 e. The Hall–Kier alpha value is -4.92. The van der Waals surface area contributed by atoms with E-state index >= 15 is 0 Å². The molecule has 5 rings (SSSR count). The van der Waals surface area contributed by atoms with E-state index in [0.29, 0.717) is 29.4 Å². The Labute approximate surface area is 226 Å². The lowest BCUT2D eigenvalue weighted by Gasteiger charge is -2.14. The highest BCUT2D eigenvalue weighted by atomic mass is 16.5. The summed E-state index contributed by atoms with van der Waals surface area (Å²) in [5, 5.41) is 10.5. The van der Waals surface area contributed by atoms with Gasteiger partial charge in [0, 0.05) is 22.9 Å². The minimum Gasteiger partial charge on any atom is -0.462 e. The molecule has 39 heavy (non-hydrogen) atoms. The molecule has 2 amide bonds. The number of para-hydroxylation sites is 2. The Morgan fingerprint density at radius 1 is 0.897 bits per heavy atom. The van der Waals surface area contributed by atoms with Crippen molar-refractivity contribution < 1.29 is 14.3 Å². The van der Waals surface area contributed by atoms with Crippen LogP contribution in [0.15, 0.2) is 85.2 Å². The van der Waals surface area contributed by atoms with Crippen molar-refractivity contribution in [3.63, 3.8) is 0 Å². The third-order valence-electron chi connectivity index (χ3n) is 6.20. The SMILES string of the molecule is CCOC(=O)c1ccc(-n2nc(C(C)(C)C)cc2NC(=O)Nc2ccc(-n3cnc4ccccc43)cc2)cc1. The molecule has 0 spiro atoms. The van der Waals surface area contributed by atoms with Crippen molar-refractivity contribution in [2.24, 2.45) is 0 Å². The molecule has 3 aromatic carbocycles. The van der Waals surface area contributed by atoms with Crippen molar-refractivity contribution >= 4 is 34.5 Å². The highest BCUT2D eigenvalue weighted by Gasteiger charge is 2.22. The van der Waals surface area contributed by atoms with Crippen LogP contribution in [0, 0.1) is 0 Å². The zero-order valence-electron chi connectivity index (χ0n) is 22.3. The first-order valence-corrected chi connectivity index (χ1v) is 12.7. The molecule has 2 heterocycles. The molecule has 2 N–H and O–H groups in total. The summed E-state index contributed by atoms with van der Waals surface area (Å²) in [6, 6.07) is 23.8. The average Bonchev–Trinajstić information content (AvgIpc) is 3.54. The maximum absolute atomic E-state index is 13.0. The van der Waals surface area contributed by atoms with E-state index in [4.69, 9.17) is 9.84 Å². The molecule has 0 aliphatic carbocycles. The fourth-order valence-corrected chi connectivity index (χ4v) is 4.14. The van der Waals surface area contributed by atoms with Crippen molar-refractivity contribution in [1.82, 2.24) is 19.3 Å². The molecule has 0 atom stereocenters. The van der Waals surface area contributed by atoms with Crippen LogP contribution in [0.5, 0.6) is 0 Å². The van der Waals surface area contributed by atoms with Crippen molar-refractivity contribution in [2.45, 2.75) is 33.1 Å². The number of imidazole rings is 1. The normalized spacial score (nSPS) is 11.4. The molecule has 5 aromatic rings. The molecule has 0 aliphatic rings. The Kier molecular flexibility index (Phi) is 6.89. The van der Waals surface area contributed by atoms with Crippen LogP contribution in [0.25, 0.3) is 22.4 Å². The summed E-state index contributed by atoms with van der Waals surface area (Å²) in [5.41, 5.74) is 5.22.